The van der Waals surface area contributed by atoms with Crippen molar-refractivity contribution in [2.45, 2.75) is 87.0 Å². The van der Waals surface area contributed by atoms with Gasteiger partial charge in [-0.25, -0.2) is 0 Å². The molecule has 1 N–H and O–H groups in total. The van der Waals surface area contributed by atoms with E-state index in [9.17, 15) is 0 Å². The number of H-pyrrole nitrogens is 1. The quantitative estimate of drug-likeness (QED) is 0.836. The fraction of sp³-hybridized carbons (Fsp3) is 0.700. The van der Waals surface area contributed by atoms with Gasteiger partial charge >= 0.3 is 0 Å². The molecule has 0 aliphatic carbocycles. The fourth-order valence-electron chi connectivity index (χ4n) is 2.67. The monoisotopic (exact) mass is 319 g/mol. The molecule has 132 valence electrons. The number of nitrogens with zero attached hydrogens (tertiary/aromatic N) is 2. The number of fused-ring (bicyclic) bond motifs is 1. The number of rotatable bonds is 5. The van der Waals surface area contributed by atoms with Crippen molar-refractivity contribution in [3.63, 3.8) is 0 Å². The molecule has 1 aromatic rings. The Labute approximate surface area is 143 Å². The van der Waals surface area contributed by atoms with Crippen LogP contribution in [0.4, 0.5) is 0 Å². The van der Waals surface area contributed by atoms with Gasteiger partial charge in [-0.1, -0.05) is 72.8 Å². The van der Waals surface area contributed by atoms with Crippen LogP contribution in [0, 0.1) is 12.8 Å². The van der Waals surface area contributed by atoms with Gasteiger partial charge in [0.25, 0.3) is 0 Å². The Morgan fingerprint density at radius 1 is 1.13 bits per heavy atom. The summed E-state index contributed by atoms with van der Waals surface area (Å²) in [6.45, 7) is 14.9. The molecule has 3 heteroatoms. The Hall–Kier alpha value is -1.38. The van der Waals surface area contributed by atoms with Crippen LogP contribution >= 0.6 is 0 Å². The van der Waals surface area contributed by atoms with E-state index in [1.54, 1.807) is 0 Å². The smallest absolute Gasteiger partial charge is 0.0688 e. The second-order valence-electron chi connectivity index (χ2n) is 5.97. The molecule has 3 nitrogen and oxygen atoms in total. The molecule has 2 heterocycles. The molecule has 0 spiro atoms. The summed E-state index contributed by atoms with van der Waals surface area (Å²) in [5, 5.41) is 9.39. The van der Waals surface area contributed by atoms with Crippen LogP contribution in [-0.4, -0.2) is 16.4 Å². The maximum atomic E-state index is 4.30. The molecule has 0 aromatic carbocycles. The van der Waals surface area contributed by atoms with E-state index in [0.717, 1.165) is 34.3 Å². The lowest BCUT2D eigenvalue weighted by Crippen LogP contribution is -2.25. The largest absolute Gasteiger partial charge is 0.278 e. The van der Waals surface area contributed by atoms with Gasteiger partial charge in [0.15, 0.2) is 0 Å². The number of hydrogen-bond acceptors (Lipinski definition) is 2. The van der Waals surface area contributed by atoms with E-state index in [-0.39, 0.29) is 0 Å². The van der Waals surface area contributed by atoms with Gasteiger partial charge in [0.05, 0.1) is 11.0 Å². The Kier molecular flexibility index (Phi) is 12.3. The Morgan fingerprint density at radius 2 is 1.83 bits per heavy atom. The molecule has 0 amide bonds. The normalized spacial score (nSPS) is 13.6. The van der Waals surface area contributed by atoms with Gasteiger partial charge in [-0.05, 0) is 19.8 Å². The zero-order valence-electron chi connectivity index (χ0n) is 16.4. The fourth-order valence-corrected chi connectivity index (χ4v) is 2.67. The first-order valence-electron chi connectivity index (χ1n) is 9.34. The Bertz CT molecular complexity index is 552. The van der Waals surface area contributed by atoms with Gasteiger partial charge in [0.1, 0.15) is 0 Å². The molecule has 1 aliphatic heterocycles. The summed E-state index contributed by atoms with van der Waals surface area (Å²) in [5.41, 5.74) is 2.07. The summed E-state index contributed by atoms with van der Waals surface area (Å²) in [6.07, 6.45) is 11.9. The van der Waals surface area contributed by atoms with Crippen LogP contribution in [-0.2, 0) is 0 Å². The van der Waals surface area contributed by atoms with Crippen LogP contribution in [0.3, 0.4) is 0 Å². The molecular formula is C20H37N3. The predicted molar refractivity (Wildman–Crippen MR) is 104 cm³/mol. The summed E-state index contributed by atoms with van der Waals surface area (Å²) < 4.78 is 0. The van der Waals surface area contributed by atoms with Crippen molar-refractivity contribution in [2.24, 2.45) is 10.9 Å². The van der Waals surface area contributed by atoms with Crippen molar-refractivity contribution in [1.82, 2.24) is 10.2 Å². The lowest BCUT2D eigenvalue weighted by atomic mass is 10.00. The molecule has 1 unspecified atom stereocenters. The number of aryl methyl sites for hydroxylation is 1. The van der Waals surface area contributed by atoms with E-state index in [0.29, 0.717) is 0 Å². The van der Waals surface area contributed by atoms with Gasteiger partial charge in [-0.3, -0.25) is 10.1 Å². The number of hydrogen-bond donors (Lipinski definition) is 1. The second kappa shape index (κ2) is 13.1. The summed E-state index contributed by atoms with van der Waals surface area (Å²) in [5.74, 6) is 0.968. The highest BCUT2D eigenvalue weighted by atomic mass is 15.1. The summed E-state index contributed by atoms with van der Waals surface area (Å²) in [7, 11) is 0. The van der Waals surface area contributed by atoms with E-state index in [2.05, 4.69) is 42.0 Å². The number of unbranched alkanes of at least 4 members (excludes halogenated alkanes) is 1. The predicted octanol–water partition coefficient (Wildman–Crippen LogP) is 4.74. The van der Waals surface area contributed by atoms with E-state index in [1.807, 2.05) is 33.9 Å². The average Bonchev–Trinajstić information content (AvgIpc) is 2.82. The molecule has 0 fully saturated rings. The van der Waals surface area contributed by atoms with E-state index in [4.69, 9.17) is 0 Å². The molecule has 0 bridgehead atoms. The topological polar surface area (TPSA) is 41.0 Å². The first-order valence-corrected chi connectivity index (χ1v) is 9.34. The van der Waals surface area contributed by atoms with Gasteiger partial charge in [0.2, 0.25) is 0 Å². The van der Waals surface area contributed by atoms with E-state index >= 15 is 0 Å². The SMILES string of the molecule is CC.CC1=c2c(C)n[nH]c2=CCC=N1.CCCCC(C)CCC. The van der Waals surface area contributed by atoms with Crippen LogP contribution < -0.4 is 10.6 Å². The van der Waals surface area contributed by atoms with Crippen LogP contribution in [0.25, 0.3) is 11.8 Å². The maximum Gasteiger partial charge on any atom is 0.0688 e. The van der Waals surface area contributed by atoms with Crippen LogP contribution in [0.2, 0.25) is 0 Å². The van der Waals surface area contributed by atoms with Crippen LogP contribution in [0.15, 0.2) is 4.99 Å². The van der Waals surface area contributed by atoms with Crippen molar-refractivity contribution < 1.29 is 0 Å². The molecular weight excluding hydrogens is 282 g/mol. The maximum absolute atomic E-state index is 4.30. The minimum absolute atomic E-state index is 0.881. The second-order valence-corrected chi connectivity index (χ2v) is 5.97. The number of aromatic amines is 1. The van der Waals surface area contributed by atoms with Crippen molar-refractivity contribution >= 4 is 18.0 Å². The Balaban J connectivity index is 0.000000396. The average molecular weight is 320 g/mol. The number of aliphatic imine (C=N–C) groups is 1. The summed E-state index contributed by atoms with van der Waals surface area (Å²) in [6, 6.07) is 0. The van der Waals surface area contributed by atoms with Crippen LogP contribution in [0.1, 0.15) is 85.8 Å². The minimum Gasteiger partial charge on any atom is -0.278 e. The highest BCUT2D eigenvalue weighted by molar-refractivity contribution is 5.71. The zero-order chi connectivity index (χ0) is 17.7. The highest BCUT2D eigenvalue weighted by Crippen LogP contribution is 2.12. The first kappa shape index (κ1) is 21.6. The van der Waals surface area contributed by atoms with Gasteiger partial charge in [-0.2, -0.15) is 5.10 Å². The van der Waals surface area contributed by atoms with Gasteiger partial charge in [-0.15, -0.1) is 0 Å². The standard InChI is InChI=1S/C9H11N3.C9H20.C2H6/c1-6-9-7(2)11-12-8(9)4-3-5-10-6;1-4-6-8-9(3)7-5-2;1-2/h4-5,12H,3H2,1-2H3;9H,4-8H2,1-3H3;1-2H3. The molecule has 1 aliphatic rings. The molecule has 1 atom stereocenters. The number of aromatic nitrogens is 2. The van der Waals surface area contributed by atoms with Gasteiger partial charge in [0, 0.05) is 23.6 Å². The molecule has 0 saturated carbocycles. The molecule has 1 aromatic heterocycles. The number of nitrogens with one attached hydrogen (secondary N) is 1. The third kappa shape index (κ3) is 8.15. The van der Waals surface area contributed by atoms with E-state index in [1.165, 1.54) is 32.1 Å². The van der Waals surface area contributed by atoms with E-state index < -0.39 is 0 Å². The molecule has 0 radical (unpaired) electrons. The Morgan fingerprint density at radius 3 is 2.43 bits per heavy atom. The van der Waals surface area contributed by atoms with Crippen LogP contribution in [0.5, 0.6) is 0 Å². The lowest BCUT2D eigenvalue weighted by Gasteiger charge is -2.07. The minimum atomic E-state index is 0.881. The molecule has 0 saturated heterocycles. The molecule has 23 heavy (non-hydrogen) atoms. The first-order chi connectivity index (χ1) is 11.1. The summed E-state index contributed by atoms with van der Waals surface area (Å²) in [4.78, 5) is 4.30. The zero-order valence-corrected chi connectivity index (χ0v) is 16.4. The molecule has 2 rings (SSSR count). The van der Waals surface area contributed by atoms with Crippen molar-refractivity contribution in [3.05, 3.63) is 16.3 Å². The van der Waals surface area contributed by atoms with Crippen molar-refractivity contribution in [2.75, 3.05) is 0 Å². The van der Waals surface area contributed by atoms with Gasteiger partial charge < -0.3 is 0 Å². The van der Waals surface area contributed by atoms with Crippen molar-refractivity contribution in [1.29, 1.82) is 0 Å². The third-order valence-corrected chi connectivity index (χ3v) is 3.88. The van der Waals surface area contributed by atoms with Crippen molar-refractivity contribution in [3.8, 4) is 0 Å². The summed E-state index contributed by atoms with van der Waals surface area (Å²) >= 11 is 0. The highest BCUT2D eigenvalue weighted by Gasteiger charge is 2.00. The lowest BCUT2D eigenvalue weighted by molar-refractivity contribution is 0.466. The third-order valence-electron chi connectivity index (χ3n) is 3.88.